The van der Waals surface area contributed by atoms with Crippen LogP contribution in [-0.4, -0.2) is 32.2 Å². The molecule has 0 bridgehead atoms. The molecule has 1 heterocycles. The average molecular weight is 495 g/mol. The van der Waals surface area contributed by atoms with Gasteiger partial charge in [-0.2, -0.15) is 0 Å². The molecule has 0 atom stereocenters. The molecule has 0 fully saturated rings. The summed E-state index contributed by atoms with van der Waals surface area (Å²) in [6, 6.07) is 16.9. The zero-order valence-corrected chi connectivity index (χ0v) is 20.1. The fraction of sp³-hybridized carbons (Fsp3) is 0.154. The third-order valence-electron chi connectivity index (χ3n) is 5.15. The van der Waals surface area contributed by atoms with Gasteiger partial charge in [-0.15, -0.1) is 11.3 Å². The number of benzene rings is 3. The number of thiazole rings is 1. The summed E-state index contributed by atoms with van der Waals surface area (Å²) < 4.78 is 35.6. The number of ether oxygens (including phenoxy) is 4. The Bertz CT molecular complexity index is 1340. The normalized spacial score (nSPS) is 10.5. The molecular weight excluding hydrogens is 471 g/mol. The molecule has 0 radical (unpaired) electrons. The van der Waals surface area contributed by atoms with E-state index in [1.54, 1.807) is 61.0 Å². The summed E-state index contributed by atoms with van der Waals surface area (Å²) in [5.41, 5.74) is 1.97. The lowest BCUT2D eigenvalue weighted by Gasteiger charge is -2.12. The lowest BCUT2D eigenvalue weighted by molar-refractivity contribution is 0.102. The van der Waals surface area contributed by atoms with Gasteiger partial charge in [-0.3, -0.25) is 4.79 Å². The molecule has 0 aliphatic carbocycles. The number of nitrogens with zero attached hydrogens (tertiary/aromatic N) is 1. The van der Waals surface area contributed by atoms with E-state index in [1.165, 1.54) is 31.6 Å². The highest BCUT2D eigenvalue weighted by Gasteiger charge is 2.16. The van der Waals surface area contributed by atoms with Crippen molar-refractivity contribution < 1.29 is 28.1 Å². The van der Waals surface area contributed by atoms with Gasteiger partial charge in [0, 0.05) is 22.6 Å². The van der Waals surface area contributed by atoms with Crippen LogP contribution in [0.25, 0.3) is 10.6 Å². The molecule has 4 rings (SSSR count). The van der Waals surface area contributed by atoms with Crippen molar-refractivity contribution >= 4 is 22.9 Å². The van der Waals surface area contributed by atoms with Gasteiger partial charge >= 0.3 is 0 Å². The van der Waals surface area contributed by atoms with Crippen molar-refractivity contribution in [3.05, 3.63) is 83.1 Å². The molecule has 7 nitrogen and oxygen atoms in total. The van der Waals surface area contributed by atoms with E-state index in [1.807, 2.05) is 6.07 Å². The van der Waals surface area contributed by atoms with Gasteiger partial charge in [0.05, 0.1) is 27.0 Å². The number of nitrogens with one attached hydrogen (secondary N) is 1. The number of carbonyl (C=O) groups excluding carboxylic acids is 1. The summed E-state index contributed by atoms with van der Waals surface area (Å²) in [6.07, 6.45) is 0. The fourth-order valence-corrected chi connectivity index (χ4v) is 4.09. The van der Waals surface area contributed by atoms with Crippen LogP contribution >= 0.6 is 11.3 Å². The highest BCUT2D eigenvalue weighted by Crippen LogP contribution is 2.35. The molecule has 0 saturated heterocycles. The number of aromatic nitrogens is 1. The van der Waals surface area contributed by atoms with Gasteiger partial charge in [-0.25, -0.2) is 9.37 Å². The molecular formula is C26H23FN2O5S. The van der Waals surface area contributed by atoms with Gasteiger partial charge < -0.3 is 24.3 Å². The van der Waals surface area contributed by atoms with Crippen molar-refractivity contribution in [2.45, 2.75) is 6.61 Å². The van der Waals surface area contributed by atoms with Crippen molar-refractivity contribution in [3.63, 3.8) is 0 Å². The Morgan fingerprint density at radius 2 is 1.74 bits per heavy atom. The van der Waals surface area contributed by atoms with Crippen molar-refractivity contribution in [2.24, 2.45) is 0 Å². The Hall–Kier alpha value is -4.11. The van der Waals surface area contributed by atoms with Crippen LogP contribution in [0, 0.1) is 5.82 Å². The lowest BCUT2D eigenvalue weighted by atomic mass is 10.2. The van der Waals surface area contributed by atoms with Crippen LogP contribution in [-0.2, 0) is 6.61 Å². The molecule has 1 aromatic heterocycles. The Morgan fingerprint density at radius 3 is 2.49 bits per heavy atom. The van der Waals surface area contributed by atoms with Crippen LogP contribution in [0.2, 0.25) is 0 Å². The number of hydrogen-bond acceptors (Lipinski definition) is 7. The van der Waals surface area contributed by atoms with E-state index in [4.69, 9.17) is 18.9 Å². The topological polar surface area (TPSA) is 78.9 Å². The second kappa shape index (κ2) is 10.9. The third-order valence-corrected chi connectivity index (χ3v) is 6.04. The predicted octanol–water partition coefficient (Wildman–Crippen LogP) is 5.81. The number of rotatable bonds is 9. The highest BCUT2D eigenvalue weighted by atomic mass is 32.1. The van der Waals surface area contributed by atoms with Crippen LogP contribution < -0.4 is 24.3 Å². The number of carbonyl (C=O) groups is 1. The number of anilines is 1. The minimum atomic E-state index is -0.368. The maximum atomic E-state index is 13.9. The smallest absolute Gasteiger partial charge is 0.275 e. The van der Waals surface area contributed by atoms with E-state index in [0.29, 0.717) is 39.3 Å². The number of methoxy groups -OCH3 is 3. The lowest BCUT2D eigenvalue weighted by Crippen LogP contribution is -2.13. The molecule has 35 heavy (non-hydrogen) atoms. The molecule has 1 amide bonds. The highest BCUT2D eigenvalue weighted by molar-refractivity contribution is 7.13. The first-order chi connectivity index (χ1) is 17.0. The minimum Gasteiger partial charge on any atom is -0.497 e. The second-order valence-electron chi connectivity index (χ2n) is 7.30. The summed E-state index contributed by atoms with van der Waals surface area (Å²) >= 11 is 1.33. The minimum absolute atomic E-state index is 0.0682. The maximum Gasteiger partial charge on any atom is 0.275 e. The third kappa shape index (κ3) is 5.52. The molecule has 0 spiro atoms. The molecule has 180 valence electrons. The zero-order valence-electron chi connectivity index (χ0n) is 19.3. The second-order valence-corrected chi connectivity index (χ2v) is 8.16. The van der Waals surface area contributed by atoms with Crippen molar-refractivity contribution in [1.82, 2.24) is 4.98 Å². The summed E-state index contributed by atoms with van der Waals surface area (Å²) in [5, 5.41) is 5.12. The van der Waals surface area contributed by atoms with Crippen LogP contribution in [0.5, 0.6) is 23.0 Å². The van der Waals surface area contributed by atoms with Gasteiger partial charge in [0.15, 0.2) is 11.5 Å². The first kappa shape index (κ1) is 24.0. The molecule has 4 aromatic rings. The van der Waals surface area contributed by atoms with Gasteiger partial charge in [-0.05, 0) is 36.4 Å². The monoisotopic (exact) mass is 494 g/mol. The zero-order chi connectivity index (χ0) is 24.8. The van der Waals surface area contributed by atoms with E-state index in [2.05, 4.69) is 10.3 Å². The summed E-state index contributed by atoms with van der Waals surface area (Å²) in [5.74, 6) is 1.34. The van der Waals surface area contributed by atoms with Crippen molar-refractivity contribution in [2.75, 3.05) is 26.6 Å². The summed E-state index contributed by atoms with van der Waals surface area (Å²) in [6.45, 7) is 0.0682. The molecule has 0 aliphatic heterocycles. The van der Waals surface area contributed by atoms with Crippen LogP contribution in [0.4, 0.5) is 10.1 Å². The molecule has 1 N–H and O–H groups in total. The molecule has 0 aliphatic rings. The molecule has 3 aromatic carbocycles. The standard InChI is InChI=1S/C26H23FN2O5S/c1-31-18-9-10-20(23(13-18)32-2)28-25(30)21-15-35-26(29-21)16-8-11-22(24(12-16)33-3)34-14-17-6-4-5-7-19(17)27/h4-13,15H,14H2,1-3H3,(H,28,30). The van der Waals surface area contributed by atoms with E-state index >= 15 is 0 Å². The van der Waals surface area contributed by atoms with E-state index < -0.39 is 0 Å². The Kier molecular flexibility index (Phi) is 7.47. The van der Waals surface area contributed by atoms with Gasteiger partial charge in [0.25, 0.3) is 5.91 Å². The fourth-order valence-electron chi connectivity index (χ4n) is 3.29. The number of halogens is 1. The average Bonchev–Trinajstić information content (AvgIpc) is 3.39. The largest absolute Gasteiger partial charge is 0.497 e. The Morgan fingerprint density at radius 1 is 0.943 bits per heavy atom. The van der Waals surface area contributed by atoms with Crippen LogP contribution in [0.3, 0.4) is 0 Å². The van der Waals surface area contributed by atoms with Crippen molar-refractivity contribution in [1.29, 1.82) is 0 Å². The molecule has 0 unspecified atom stereocenters. The first-order valence-corrected chi connectivity index (χ1v) is 11.4. The van der Waals surface area contributed by atoms with Crippen molar-refractivity contribution in [3.8, 4) is 33.6 Å². The van der Waals surface area contributed by atoms with Gasteiger partial charge in [-0.1, -0.05) is 18.2 Å². The van der Waals surface area contributed by atoms with E-state index in [-0.39, 0.29) is 24.0 Å². The predicted molar refractivity (Wildman–Crippen MR) is 132 cm³/mol. The number of amides is 1. The maximum absolute atomic E-state index is 13.9. The molecule has 0 saturated carbocycles. The summed E-state index contributed by atoms with van der Waals surface area (Å²) in [4.78, 5) is 17.2. The summed E-state index contributed by atoms with van der Waals surface area (Å²) in [7, 11) is 4.60. The van der Waals surface area contributed by atoms with Crippen LogP contribution in [0.15, 0.2) is 66.0 Å². The van der Waals surface area contributed by atoms with Gasteiger partial charge in [0.1, 0.15) is 34.6 Å². The van der Waals surface area contributed by atoms with E-state index in [9.17, 15) is 9.18 Å². The van der Waals surface area contributed by atoms with Crippen LogP contribution in [0.1, 0.15) is 16.1 Å². The molecule has 9 heteroatoms. The van der Waals surface area contributed by atoms with Gasteiger partial charge in [0.2, 0.25) is 0 Å². The Balaban J connectivity index is 1.49. The SMILES string of the molecule is COc1ccc(NC(=O)c2csc(-c3ccc(OCc4ccccc4F)c(OC)c3)n2)c(OC)c1. The first-order valence-electron chi connectivity index (χ1n) is 10.6. The van der Waals surface area contributed by atoms with E-state index in [0.717, 1.165) is 5.56 Å². The number of hydrogen-bond donors (Lipinski definition) is 1. The Labute approximate surface area is 206 Å². The quantitative estimate of drug-likeness (QED) is 0.317.